The highest BCUT2D eigenvalue weighted by atomic mass is 19.4. The van der Waals surface area contributed by atoms with Crippen LogP contribution in [-0.4, -0.2) is 0 Å². The van der Waals surface area contributed by atoms with Crippen LogP contribution in [0.15, 0.2) is 66.7 Å². The Hall–Kier alpha value is -3.02. The van der Waals surface area contributed by atoms with Crippen molar-refractivity contribution in [1.29, 1.82) is 0 Å². The topological polar surface area (TPSA) is 21.3 Å². The molecule has 0 unspecified atom stereocenters. The van der Waals surface area contributed by atoms with Crippen molar-refractivity contribution in [3.63, 3.8) is 0 Å². The Kier molecular flexibility index (Phi) is 6.11. The van der Waals surface area contributed by atoms with Gasteiger partial charge in [0.25, 0.3) is 0 Å². The SMILES string of the molecule is CC(C)c1cccc(Oc2cccc(NCc3cc(C(F)(F)F)ccc3F)c2)c1. The predicted octanol–water partition coefficient (Wildman–Crippen LogP) is 7.37. The summed E-state index contributed by atoms with van der Waals surface area (Å²) in [7, 11) is 0. The Labute approximate surface area is 167 Å². The molecule has 0 fully saturated rings. The molecule has 0 aliphatic carbocycles. The second-order valence-electron chi connectivity index (χ2n) is 7.01. The highest BCUT2D eigenvalue weighted by molar-refractivity contribution is 5.50. The Morgan fingerprint density at radius 3 is 2.28 bits per heavy atom. The van der Waals surface area contributed by atoms with E-state index in [2.05, 4.69) is 19.2 Å². The standard InChI is InChI=1S/C23H21F4NO/c1-15(2)16-5-3-7-20(12-16)29-21-8-4-6-19(13-21)28-14-17-11-18(23(25,26)27)9-10-22(17)24/h3-13,15,28H,14H2,1-2H3. The van der Waals surface area contributed by atoms with Gasteiger partial charge in [-0.1, -0.05) is 32.0 Å². The fraction of sp³-hybridized carbons (Fsp3) is 0.217. The lowest BCUT2D eigenvalue weighted by molar-refractivity contribution is -0.137. The zero-order valence-electron chi connectivity index (χ0n) is 16.1. The summed E-state index contributed by atoms with van der Waals surface area (Å²) in [5.41, 5.74) is 0.824. The summed E-state index contributed by atoms with van der Waals surface area (Å²) in [6, 6.07) is 17.1. The van der Waals surface area contributed by atoms with Gasteiger partial charge in [-0.05, 0) is 53.9 Å². The molecule has 0 atom stereocenters. The van der Waals surface area contributed by atoms with Gasteiger partial charge in [0.1, 0.15) is 17.3 Å². The number of rotatable bonds is 6. The van der Waals surface area contributed by atoms with Crippen molar-refractivity contribution < 1.29 is 22.3 Å². The second kappa shape index (κ2) is 8.55. The van der Waals surface area contributed by atoms with Crippen molar-refractivity contribution in [2.75, 3.05) is 5.32 Å². The molecule has 6 heteroatoms. The van der Waals surface area contributed by atoms with Crippen molar-refractivity contribution in [2.45, 2.75) is 32.5 Å². The van der Waals surface area contributed by atoms with Gasteiger partial charge in [-0.25, -0.2) is 4.39 Å². The van der Waals surface area contributed by atoms with Gasteiger partial charge in [-0.15, -0.1) is 0 Å². The van der Waals surface area contributed by atoms with Gasteiger partial charge in [-0.2, -0.15) is 13.2 Å². The monoisotopic (exact) mass is 403 g/mol. The number of alkyl halides is 3. The summed E-state index contributed by atoms with van der Waals surface area (Å²) in [5.74, 6) is 0.940. The predicted molar refractivity (Wildman–Crippen MR) is 106 cm³/mol. The van der Waals surface area contributed by atoms with E-state index >= 15 is 0 Å². The quantitative estimate of drug-likeness (QED) is 0.434. The van der Waals surface area contributed by atoms with Crippen LogP contribution >= 0.6 is 0 Å². The molecule has 0 bridgehead atoms. The van der Waals surface area contributed by atoms with Crippen molar-refractivity contribution in [2.24, 2.45) is 0 Å². The van der Waals surface area contributed by atoms with Crippen molar-refractivity contribution in [3.05, 3.63) is 89.2 Å². The number of hydrogen-bond donors (Lipinski definition) is 1. The van der Waals surface area contributed by atoms with Gasteiger partial charge in [0.05, 0.1) is 5.56 Å². The van der Waals surface area contributed by atoms with Gasteiger partial charge in [0.15, 0.2) is 0 Å². The van der Waals surface area contributed by atoms with E-state index in [1.54, 1.807) is 24.3 Å². The van der Waals surface area contributed by atoms with Crippen LogP contribution in [0.25, 0.3) is 0 Å². The zero-order chi connectivity index (χ0) is 21.0. The number of nitrogens with one attached hydrogen (secondary N) is 1. The molecule has 0 saturated heterocycles. The van der Waals surface area contributed by atoms with E-state index in [0.29, 0.717) is 23.1 Å². The molecule has 29 heavy (non-hydrogen) atoms. The van der Waals surface area contributed by atoms with Crippen LogP contribution in [0, 0.1) is 5.82 Å². The van der Waals surface area contributed by atoms with E-state index in [9.17, 15) is 17.6 Å². The molecule has 0 saturated carbocycles. The molecule has 0 radical (unpaired) electrons. The van der Waals surface area contributed by atoms with Crippen LogP contribution in [0.3, 0.4) is 0 Å². The van der Waals surface area contributed by atoms with Gasteiger partial charge >= 0.3 is 6.18 Å². The van der Waals surface area contributed by atoms with Gasteiger partial charge in [-0.3, -0.25) is 0 Å². The highest BCUT2D eigenvalue weighted by Gasteiger charge is 2.31. The molecule has 3 aromatic rings. The van der Waals surface area contributed by atoms with E-state index in [1.165, 1.54) is 0 Å². The summed E-state index contributed by atoms with van der Waals surface area (Å²) in [6.07, 6.45) is -4.51. The highest BCUT2D eigenvalue weighted by Crippen LogP contribution is 2.31. The molecule has 1 N–H and O–H groups in total. The Morgan fingerprint density at radius 2 is 1.59 bits per heavy atom. The van der Waals surface area contributed by atoms with Gasteiger partial charge in [0, 0.05) is 23.9 Å². The van der Waals surface area contributed by atoms with Crippen LogP contribution in [0.1, 0.15) is 36.5 Å². The number of ether oxygens (including phenoxy) is 1. The first-order valence-corrected chi connectivity index (χ1v) is 9.20. The van der Waals surface area contributed by atoms with Gasteiger partial charge < -0.3 is 10.1 Å². The number of hydrogen-bond acceptors (Lipinski definition) is 2. The summed E-state index contributed by atoms with van der Waals surface area (Å²) in [4.78, 5) is 0. The first-order chi connectivity index (χ1) is 13.7. The third-order valence-electron chi connectivity index (χ3n) is 4.45. The number of benzene rings is 3. The summed E-state index contributed by atoms with van der Waals surface area (Å²) in [5, 5.41) is 2.95. The third-order valence-corrected chi connectivity index (χ3v) is 4.45. The molecule has 2 nitrogen and oxygen atoms in total. The van der Waals surface area contributed by atoms with E-state index in [1.807, 2.05) is 24.3 Å². The Morgan fingerprint density at radius 1 is 0.897 bits per heavy atom. The Balaban J connectivity index is 1.72. The molecule has 0 amide bonds. The number of anilines is 1. The van der Waals surface area contributed by atoms with E-state index < -0.39 is 17.6 Å². The summed E-state index contributed by atoms with van der Waals surface area (Å²) >= 11 is 0. The van der Waals surface area contributed by atoms with E-state index in [0.717, 1.165) is 23.8 Å². The maximum Gasteiger partial charge on any atom is 0.416 e. The van der Waals surface area contributed by atoms with E-state index in [4.69, 9.17) is 4.74 Å². The van der Waals surface area contributed by atoms with Crippen LogP contribution in [0.5, 0.6) is 11.5 Å². The van der Waals surface area contributed by atoms with E-state index in [-0.39, 0.29) is 12.1 Å². The maximum atomic E-state index is 13.9. The fourth-order valence-electron chi connectivity index (χ4n) is 2.83. The van der Waals surface area contributed by atoms with Crippen molar-refractivity contribution in [1.82, 2.24) is 0 Å². The van der Waals surface area contributed by atoms with Crippen LogP contribution in [0.2, 0.25) is 0 Å². The first-order valence-electron chi connectivity index (χ1n) is 9.20. The molecule has 0 aliphatic rings. The lowest BCUT2D eigenvalue weighted by Gasteiger charge is -2.13. The second-order valence-corrected chi connectivity index (χ2v) is 7.01. The summed E-state index contributed by atoms with van der Waals surface area (Å²) < 4.78 is 58.3. The summed E-state index contributed by atoms with van der Waals surface area (Å²) in [6.45, 7) is 4.11. The zero-order valence-corrected chi connectivity index (χ0v) is 16.1. The van der Waals surface area contributed by atoms with Crippen molar-refractivity contribution >= 4 is 5.69 Å². The maximum absolute atomic E-state index is 13.9. The molecule has 0 spiro atoms. The van der Waals surface area contributed by atoms with Crippen LogP contribution in [-0.2, 0) is 12.7 Å². The molecule has 3 rings (SSSR count). The minimum Gasteiger partial charge on any atom is -0.457 e. The Bertz CT molecular complexity index is 983. The molecule has 152 valence electrons. The van der Waals surface area contributed by atoms with Crippen LogP contribution < -0.4 is 10.1 Å². The molecule has 0 heterocycles. The lowest BCUT2D eigenvalue weighted by atomic mass is 10.0. The fourth-order valence-corrected chi connectivity index (χ4v) is 2.83. The van der Waals surface area contributed by atoms with Crippen LogP contribution in [0.4, 0.5) is 23.2 Å². The third kappa shape index (κ3) is 5.50. The average molecular weight is 403 g/mol. The number of halogens is 4. The first kappa shape index (κ1) is 20.7. The normalized spacial score (nSPS) is 11.6. The smallest absolute Gasteiger partial charge is 0.416 e. The molecule has 0 aliphatic heterocycles. The molecular formula is C23H21F4NO. The molecule has 3 aromatic carbocycles. The largest absolute Gasteiger partial charge is 0.457 e. The average Bonchev–Trinajstić information content (AvgIpc) is 2.67. The molecule has 0 aromatic heterocycles. The lowest BCUT2D eigenvalue weighted by Crippen LogP contribution is -2.08. The minimum absolute atomic E-state index is 0.0595. The molecular weight excluding hydrogens is 382 g/mol. The minimum atomic E-state index is -4.51. The van der Waals surface area contributed by atoms with Gasteiger partial charge in [0.2, 0.25) is 0 Å². The van der Waals surface area contributed by atoms with Crippen molar-refractivity contribution in [3.8, 4) is 11.5 Å².